The van der Waals surface area contributed by atoms with Gasteiger partial charge >= 0.3 is 0 Å². The first-order valence-corrected chi connectivity index (χ1v) is 15.7. The van der Waals surface area contributed by atoms with Gasteiger partial charge in [-0.25, -0.2) is 0 Å². The molecule has 0 bridgehead atoms. The van der Waals surface area contributed by atoms with E-state index in [1.54, 1.807) is 0 Å². The molecule has 0 saturated carbocycles. The summed E-state index contributed by atoms with van der Waals surface area (Å²) in [5, 5.41) is 3.35. The van der Waals surface area contributed by atoms with Gasteiger partial charge in [0, 0.05) is 70.7 Å². The zero-order chi connectivity index (χ0) is 31.3. The fraction of sp³-hybridized carbons (Fsp3) is 0.0488. The molecule has 6 nitrogen and oxygen atoms in total. The van der Waals surface area contributed by atoms with Crippen LogP contribution in [-0.4, -0.2) is 32.2 Å². The van der Waals surface area contributed by atoms with Crippen LogP contribution in [-0.2, 0) is 0 Å². The van der Waals surface area contributed by atoms with Gasteiger partial charge in [-0.15, -0.1) is 0 Å². The highest BCUT2D eigenvalue weighted by Gasteiger charge is 2.26. The first-order valence-electron chi connectivity index (χ1n) is 15.7. The fourth-order valence-electron chi connectivity index (χ4n) is 6.80. The minimum Gasteiger partial charge on any atom is -0.455 e. The monoisotopic (exact) mass is 607 g/mol. The number of para-hydroxylation sites is 1. The topological polar surface area (TPSA) is 59.5 Å². The largest absolute Gasteiger partial charge is 0.455 e. The van der Waals surface area contributed by atoms with Crippen molar-refractivity contribution in [2.45, 2.75) is 6.17 Å². The van der Waals surface area contributed by atoms with E-state index in [-0.39, 0.29) is 6.17 Å². The second-order valence-corrected chi connectivity index (χ2v) is 11.8. The predicted molar refractivity (Wildman–Crippen MR) is 189 cm³/mol. The van der Waals surface area contributed by atoms with E-state index in [9.17, 15) is 0 Å². The van der Waals surface area contributed by atoms with Crippen LogP contribution >= 0.6 is 0 Å². The molecular weight excluding hydrogens is 578 g/mol. The lowest BCUT2D eigenvalue weighted by atomic mass is 10.0. The van der Waals surface area contributed by atoms with Crippen molar-refractivity contribution in [2.24, 2.45) is 4.99 Å². The van der Waals surface area contributed by atoms with Crippen molar-refractivity contribution < 1.29 is 4.42 Å². The molecule has 0 aliphatic carbocycles. The van der Waals surface area contributed by atoms with Crippen molar-refractivity contribution in [3.05, 3.63) is 169 Å². The molecule has 0 spiro atoms. The summed E-state index contributed by atoms with van der Waals surface area (Å²) in [5.74, 6) is 0.868. The molecule has 4 aromatic carbocycles. The van der Waals surface area contributed by atoms with E-state index in [1.165, 1.54) is 0 Å². The minimum absolute atomic E-state index is 0.205. The molecule has 1 atom stereocenters. The number of furan rings is 1. The summed E-state index contributed by atoms with van der Waals surface area (Å²) in [6.07, 6.45) is 9.28. The minimum atomic E-state index is -0.205. The summed E-state index contributed by atoms with van der Waals surface area (Å²) in [7, 11) is 2.09. The molecule has 0 fully saturated rings. The van der Waals surface area contributed by atoms with E-state index in [0.29, 0.717) is 0 Å². The maximum atomic E-state index is 6.61. The van der Waals surface area contributed by atoms with Gasteiger partial charge in [-0.1, -0.05) is 60.7 Å². The molecule has 1 aliphatic rings. The second-order valence-electron chi connectivity index (χ2n) is 11.8. The molecule has 9 rings (SSSR count). The number of aliphatic imine (C=N–C) groups is 1. The number of fused-ring (bicyclic) bond motifs is 5. The summed E-state index contributed by atoms with van der Waals surface area (Å²) in [4.78, 5) is 16.0. The molecule has 0 N–H and O–H groups in total. The molecule has 1 aliphatic heterocycles. The smallest absolute Gasteiger partial charge is 0.147 e. The molecule has 5 heterocycles. The van der Waals surface area contributed by atoms with Crippen molar-refractivity contribution >= 4 is 44.2 Å². The molecule has 8 aromatic rings. The number of pyridine rings is 2. The van der Waals surface area contributed by atoms with Crippen molar-refractivity contribution in [3.8, 4) is 17.0 Å². The van der Waals surface area contributed by atoms with Gasteiger partial charge in [-0.3, -0.25) is 15.0 Å². The lowest BCUT2D eigenvalue weighted by molar-refractivity contribution is 0.364. The van der Waals surface area contributed by atoms with Gasteiger partial charge in [-0.05, 0) is 72.3 Å². The third-order valence-corrected chi connectivity index (χ3v) is 9.04. The standard InChI is InChI=1S/C41H29N5O/c1-45-37(27-16-20-42-21-17-27)26-34(44-41(45)29-18-22-43-23-19-29)30-10-7-11-32(24-30)46-35-13-6-5-12-33(35)39-36(46)15-14-31-25-38(47-40(31)39)28-8-3-2-4-9-28/h2-26,41H,1H3. The summed E-state index contributed by atoms with van der Waals surface area (Å²) in [5.41, 5.74) is 10.4. The number of nitrogens with zero attached hydrogens (tertiary/aromatic N) is 5. The molecule has 0 saturated heterocycles. The number of hydrogen-bond acceptors (Lipinski definition) is 5. The van der Waals surface area contributed by atoms with E-state index in [0.717, 1.165) is 77.9 Å². The Morgan fingerprint density at radius 1 is 0.638 bits per heavy atom. The Morgan fingerprint density at radius 2 is 1.38 bits per heavy atom. The van der Waals surface area contributed by atoms with Gasteiger partial charge in [0.2, 0.25) is 0 Å². The number of aromatic nitrogens is 3. The number of rotatable bonds is 5. The Labute approximate surface area is 271 Å². The quantitative estimate of drug-likeness (QED) is 0.196. The van der Waals surface area contributed by atoms with Crippen LogP contribution in [0.2, 0.25) is 0 Å². The Morgan fingerprint density at radius 3 is 2.21 bits per heavy atom. The molecule has 224 valence electrons. The van der Waals surface area contributed by atoms with Crippen LogP contribution in [0.5, 0.6) is 0 Å². The first-order chi connectivity index (χ1) is 23.2. The lowest BCUT2D eigenvalue weighted by Gasteiger charge is -2.33. The number of allylic oxidation sites excluding steroid dienone is 1. The van der Waals surface area contributed by atoms with Crippen LogP contribution in [0.25, 0.3) is 55.5 Å². The normalized spacial score (nSPS) is 14.9. The highest BCUT2D eigenvalue weighted by atomic mass is 16.3. The zero-order valence-electron chi connectivity index (χ0n) is 25.7. The average molecular weight is 608 g/mol. The molecule has 6 heteroatoms. The maximum absolute atomic E-state index is 6.61. The summed E-state index contributed by atoms with van der Waals surface area (Å²) >= 11 is 0. The van der Waals surface area contributed by atoms with Gasteiger partial charge in [0.1, 0.15) is 17.5 Å². The van der Waals surface area contributed by atoms with E-state index in [1.807, 2.05) is 67.3 Å². The van der Waals surface area contributed by atoms with Gasteiger partial charge in [0.15, 0.2) is 0 Å². The summed E-state index contributed by atoms with van der Waals surface area (Å²) in [6, 6.07) is 42.2. The van der Waals surface area contributed by atoms with E-state index in [4.69, 9.17) is 9.41 Å². The van der Waals surface area contributed by atoms with Crippen molar-refractivity contribution in [3.63, 3.8) is 0 Å². The third kappa shape index (κ3) is 4.53. The van der Waals surface area contributed by atoms with E-state index >= 15 is 0 Å². The molecule has 4 aromatic heterocycles. The predicted octanol–water partition coefficient (Wildman–Crippen LogP) is 9.46. The third-order valence-electron chi connectivity index (χ3n) is 9.04. The molecule has 0 radical (unpaired) electrons. The molecule has 0 amide bonds. The molecule has 1 unspecified atom stereocenters. The van der Waals surface area contributed by atoms with Crippen LogP contribution in [0.1, 0.15) is 22.9 Å². The SMILES string of the molecule is CN1C(c2ccncc2)=CC(c2cccc(-n3c4ccccc4c4c5oc(-c6ccccc6)cc5ccc43)c2)=NC1c1ccncc1. The zero-order valence-corrected chi connectivity index (χ0v) is 25.7. The maximum Gasteiger partial charge on any atom is 0.147 e. The molecular formula is C41H29N5O. The van der Waals surface area contributed by atoms with Crippen LogP contribution in [0, 0.1) is 0 Å². The Bertz CT molecular complexity index is 2480. The summed E-state index contributed by atoms with van der Waals surface area (Å²) in [6.45, 7) is 0. The van der Waals surface area contributed by atoms with Crippen LogP contribution < -0.4 is 0 Å². The number of benzene rings is 4. The average Bonchev–Trinajstić information content (AvgIpc) is 3.72. The fourth-order valence-corrected chi connectivity index (χ4v) is 6.80. The van der Waals surface area contributed by atoms with Gasteiger partial charge in [0.05, 0.1) is 22.1 Å². The Kier molecular flexibility index (Phi) is 6.32. The van der Waals surface area contributed by atoms with Crippen molar-refractivity contribution in [1.29, 1.82) is 0 Å². The van der Waals surface area contributed by atoms with Gasteiger partial charge in [-0.2, -0.15) is 0 Å². The van der Waals surface area contributed by atoms with Crippen LogP contribution in [0.4, 0.5) is 0 Å². The Balaban J connectivity index is 1.22. The van der Waals surface area contributed by atoms with E-state index in [2.05, 4.69) is 111 Å². The van der Waals surface area contributed by atoms with Crippen molar-refractivity contribution in [1.82, 2.24) is 19.4 Å². The second kappa shape index (κ2) is 11.0. The van der Waals surface area contributed by atoms with E-state index < -0.39 is 0 Å². The molecule has 47 heavy (non-hydrogen) atoms. The highest BCUT2D eigenvalue weighted by molar-refractivity contribution is 6.20. The van der Waals surface area contributed by atoms with Crippen LogP contribution in [0.15, 0.2) is 162 Å². The lowest BCUT2D eigenvalue weighted by Crippen LogP contribution is -2.27. The highest BCUT2D eigenvalue weighted by Crippen LogP contribution is 2.40. The van der Waals surface area contributed by atoms with Crippen molar-refractivity contribution in [2.75, 3.05) is 7.05 Å². The Hall–Kier alpha value is -6.27. The van der Waals surface area contributed by atoms with Gasteiger partial charge in [0.25, 0.3) is 0 Å². The summed E-state index contributed by atoms with van der Waals surface area (Å²) < 4.78 is 8.94. The van der Waals surface area contributed by atoms with Crippen LogP contribution in [0.3, 0.4) is 0 Å². The first kappa shape index (κ1) is 27.1. The van der Waals surface area contributed by atoms with Gasteiger partial charge < -0.3 is 13.9 Å². The number of hydrogen-bond donors (Lipinski definition) is 0.